The van der Waals surface area contributed by atoms with Crippen LogP contribution in [0.2, 0.25) is 0 Å². The SMILES string of the molecule is CC(C)(C)C(C1(OC(N)=O)CC1)C(O)(c1ccccc1)c1cccc(N)c1. The first-order chi connectivity index (χ1) is 12.6. The number of hydrogen-bond donors (Lipinski definition) is 3. The van der Waals surface area contributed by atoms with Gasteiger partial charge in [-0.3, -0.25) is 0 Å². The molecular weight excluding hydrogens is 340 g/mol. The Kier molecular flexibility index (Phi) is 4.68. The van der Waals surface area contributed by atoms with E-state index in [4.69, 9.17) is 16.2 Å². The van der Waals surface area contributed by atoms with Crippen LogP contribution >= 0.6 is 0 Å². The summed E-state index contributed by atoms with van der Waals surface area (Å²) in [5.41, 5.74) is 10.8. The zero-order chi connectivity index (χ0) is 19.9. The number of amides is 1. The molecule has 0 saturated heterocycles. The van der Waals surface area contributed by atoms with Crippen LogP contribution in [-0.4, -0.2) is 16.8 Å². The van der Waals surface area contributed by atoms with Gasteiger partial charge in [0, 0.05) is 11.6 Å². The van der Waals surface area contributed by atoms with Gasteiger partial charge in [0.2, 0.25) is 0 Å². The standard InChI is InChI=1S/C22H28N2O3/c1-20(2,3)18(21(12-13-21)27-19(24)25)22(26,15-8-5-4-6-9-15)16-10-7-11-17(23)14-16/h4-11,14,18,26H,12-13,23H2,1-3H3,(H2,24,25). The van der Waals surface area contributed by atoms with E-state index in [1.165, 1.54) is 0 Å². The van der Waals surface area contributed by atoms with Crippen molar-refractivity contribution < 1.29 is 14.6 Å². The summed E-state index contributed by atoms with van der Waals surface area (Å²) in [6, 6.07) is 16.7. The fourth-order valence-electron chi connectivity index (χ4n) is 4.54. The Hall–Kier alpha value is -2.53. The Morgan fingerprint density at radius 2 is 1.67 bits per heavy atom. The lowest BCUT2D eigenvalue weighted by atomic mass is 9.61. The van der Waals surface area contributed by atoms with Crippen LogP contribution < -0.4 is 11.5 Å². The maximum atomic E-state index is 12.3. The van der Waals surface area contributed by atoms with E-state index < -0.39 is 23.2 Å². The van der Waals surface area contributed by atoms with Gasteiger partial charge in [0.05, 0.1) is 0 Å². The predicted octanol–water partition coefficient (Wildman–Crippen LogP) is 3.79. The van der Waals surface area contributed by atoms with E-state index in [0.717, 1.165) is 5.56 Å². The first-order valence-electron chi connectivity index (χ1n) is 9.22. The van der Waals surface area contributed by atoms with Crippen molar-refractivity contribution in [3.05, 3.63) is 65.7 Å². The molecule has 0 spiro atoms. The number of carbonyl (C=O) groups excluding carboxylic acids is 1. The summed E-state index contributed by atoms with van der Waals surface area (Å²) in [5.74, 6) is -0.422. The number of hydrogen-bond acceptors (Lipinski definition) is 4. The summed E-state index contributed by atoms with van der Waals surface area (Å²) in [6.45, 7) is 6.13. The second-order valence-electron chi connectivity index (χ2n) is 8.54. The molecule has 1 fully saturated rings. The first kappa shape index (κ1) is 19.2. The number of nitrogen functional groups attached to an aromatic ring is 1. The molecule has 2 aromatic rings. The van der Waals surface area contributed by atoms with E-state index in [9.17, 15) is 9.90 Å². The van der Waals surface area contributed by atoms with Gasteiger partial charge < -0.3 is 21.3 Å². The summed E-state index contributed by atoms with van der Waals surface area (Å²) in [4.78, 5) is 11.6. The monoisotopic (exact) mass is 368 g/mol. The molecule has 3 rings (SSSR count). The number of ether oxygens (including phenoxy) is 1. The fraction of sp³-hybridized carbons (Fsp3) is 0.409. The zero-order valence-electron chi connectivity index (χ0n) is 16.1. The minimum absolute atomic E-state index is 0.388. The van der Waals surface area contributed by atoms with E-state index in [-0.39, 0.29) is 5.41 Å². The van der Waals surface area contributed by atoms with Crippen LogP contribution in [0.5, 0.6) is 0 Å². The lowest BCUT2D eigenvalue weighted by Crippen LogP contribution is -2.52. The molecule has 2 aromatic carbocycles. The van der Waals surface area contributed by atoms with Crippen LogP contribution in [0.25, 0.3) is 0 Å². The Labute approximate surface area is 160 Å². The van der Waals surface area contributed by atoms with Crippen LogP contribution in [0, 0.1) is 11.3 Å². The second kappa shape index (κ2) is 6.57. The molecule has 5 N–H and O–H groups in total. The van der Waals surface area contributed by atoms with Gasteiger partial charge in [-0.1, -0.05) is 63.2 Å². The highest BCUT2D eigenvalue weighted by molar-refractivity contribution is 5.66. The number of aliphatic hydroxyl groups is 1. The Bertz CT molecular complexity index is 825. The lowest BCUT2D eigenvalue weighted by molar-refractivity contribution is -0.110. The molecule has 0 aromatic heterocycles. The van der Waals surface area contributed by atoms with Gasteiger partial charge in [0.15, 0.2) is 0 Å². The third kappa shape index (κ3) is 3.52. The van der Waals surface area contributed by atoms with Crippen LogP contribution in [0.15, 0.2) is 54.6 Å². The summed E-state index contributed by atoms with van der Waals surface area (Å²) in [6.07, 6.45) is 0.509. The first-order valence-corrected chi connectivity index (χ1v) is 9.22. The van der Waals surface area contributed by atoms with Crippen molar-refractivity contribution in [2.75, 3.05) is 5.73 Å². The quantitative estimate of drug-likeness (QED) is 0.699. The van der Waals surface area contributed by atoms with E-state index >= 15 is 0 Å². The minimum atomic E-state index is -1.40. The number of benzene rings is 2. The number of anilines is 1. The normalized spacial score (nSPS) is 19.0. The average Bonchev–Trinajstić information content (AvgIpc) is 3.33. The summed E-state index contributed by atoms with van der Waals surface area (Å²) < 4.78 is 5.60. The van der Waals surface area contributed by atoms with Gasteiger partial charge in [-0.15, -0.1) is 0 Å². The third-order valence-corrected chi connectivity index (χ3v) is 5.40. The molecule has 0 bridgehead atoms. The molecule has 2 atom stereocenters. The average molecular weight is 368 g/mol. The topological polar surface area (TPSA) is 98.6 Å². The molecule has 0 radical (unpaired) electrons. The highest BCUT2D eigenvalue weighted by atomic mass is 16.6. The van der Waals surface area contributed by atoms with Crippen molar-refractivity contribution in [2.45, 2.75) is 44.8 Å². The van der Waals surface area contributed by atoms with Crippen LogP contribution in [0.1, 0.15) is 44.7 Å². The van der Waals surface area contributed by atoms with Gasteiger partial charge in [-0.2, -0.15) is 0 Å². The van der Waals surface area contributed by atoms with Gasteiger partial charge in [0.1, 0.15) is 11.2 Å². The second-order valence-corrected chi connectivity index (χ2v) is 8.54. The highest BCUT2D eigenvalue weighted by Crippen LogP contribution is 2.60. The van der Waals surface area contributed by atoms with Crippen molar-refractivity contribution in [3.8, 4) is 0 Å². The molecular formula is C22H28N2O3. The maximum Gasteiger partial charge on any atom is 0.405 e. The Morgan fingerprint density at radius 1 is 1.07 bits per heavy atom. The molecule has 144 valence electrons. The van der Waals surface area contributed by atoms with E-state index in [1.807, 2.05) is 63.2 Å². The van der Waals surface area contributed by atoms with Crippen molar-refractivity contribution in [2.24, 2.45) is 17.1 Å². The van der Waals surface area contributed by atoms with Crippen LogP contribution in [0.4, 0.5) is 10.5 Å². The lowest BCUT2D eigenvalue weighted by Gasteiger charge is -2.48. The molecule has 1 aliphatic carbocycles. The number of nitrogens with two attached hydrogens (primary N) is 2. The summed E-state index contributed by atoms with van der Waals surface area (Å²) >= 11 is 0. The van der Waals surface area contributed by atoms with Crippen molar-refractivity contribution >= 4 is 11.8 Å². The van der Waals surface area contributed by atoms with Crippen molar-refractivity contribution in [1.29, 1.82) is 0 Å². The Balaban J connectivity index is 2.26. The molecule has 0 aliphatic heterocycles. The largest absolute Gasteiger partial charge is 0.443 e. The number of primary amides is 1. The predicted molar refractivity (Wildman–Crippen MR) is 106 cm³/mol. The summed E-state index contributed by atoms with van der Waals surface area (Å²) in [7, 11) is 0. The van der Waals surface area contributed by atoms with Gasteiger partial charge in [-0.25, -0.2) is 4.79 Å². The fourth-order valence-corrected chi connectivity index (χ4v) is 4.54. The molecule has 5 heteroatoms. The molecule has 1 amide bonds. The van der Waals surface area contributed by atoms with Crippen molar-refractivity contribution in [1.82, 2.24) is 0 Å². The molecule has 27 heavy (non-hydrogen) atoms. The highest BCUT2D eigenvalue weighted by Gasteiger charge is 2.64. The maximum absolute atomic E-state index is 12.3. The molecule has 1 saturated carbocycles. The minimum Gasteiger partial charge on any atom is -0.443 e. The number of carbonyl (C=O) groups is 1. The molecule has 0 heterocycles. The third-order valence-electron chi connectivity index (χ3n) is 5.40. The molecule has 1 aliphatic rings. The Morgan fingerprint density at radius 3 is 2.15 bits per heavy atom. The van der Waals surface area contributed by atoms with Gasteiger partial charge >= 0.3 is 6.09 Å². The molecule has 2 unspecified atom stereocenters. The number of rotatable bonds is 5. The van der Waals surface area contributed by atoms with E-state index in [1.54, 1.807) is 12.1 Å². The van der Waals surface area contributed by atoms with Gasteiger partial charge in [0.25, 0.3) is 0 Å². The summed E-state index contributed by atoms with van der Waals surface area (Å²) in [5, 5.41) is 12.3. The molecule has 5 nitrogen and oxygen atoms in total. The van der Waals surface area contributed by atoms with E-state index in [2.05, 4.69) is 0 Å². The smallest absolute Gasteiger partial charge is 0.405 e. The van der Waals surface area contributed by atoms with Crippen molar-refractivity contribution in [3.63, 3.8) is 0 Å². The van der Waals surface area contributed by atoms with Crippen LogP contribution in [-0.2, 0) is 10.3 Å². The van der Waals surface area contributed by atoms with Gasteiger partial charge in [-0.05, 0) is 41.5 Å². The van der Waals surface area contributed by atoms with Crippen LogP contribution in [0.3, 0.4) is 0 Å². The zero-order valence-corrected chi connectivity index (χ0v) is 16.1. The van der Waals surface area contributed by atoms with E-state index in [0.29, 0.717) is 24.1 Å².